The molecule has 16 heavy (non-hydrogen) atoms. The Morgan fingerprint density at radius 3 is 2.38 bits per heavy atom. The van der Waals surface area contributed by atoms with Crippen molar-refractivity contribution in [3.05, 3.63) is 0 Å². The Balaban J connectivity index is 1.81. The Morgan fingerprint density at radius 1 is 1.25 bits per heavy atom. The van der Waals surface area contributed by atoms with Crippen molar-refractivity contribution in [3.63, 3.8) is 0 Å². The van der Waals surface area contributed by atoms with Crippen LogP contribution in [-0.2, 0) is 14.3 Å². The summed E-state index contributed by atoms with van der Waals surface area (Å²) in [5.74, 6) is -0.985. The lowest BCUT2D eigenvalue weighted by Gasteiger charge is -2.39. The fourth-order valence-electron chi connectivity index (χ4n) is 2.07. The molecule has 2 aliphatic heterocycles. The van der Waals surface area contributed by atoms with Gasteiger partial charge in [0.1, 0.15) is 6.10 Å². The maximum Gasteiger partial charge on any atom is 0.332 e. The van der Waals surface area contributed by atoms with Gasteiger partial charge in [-0.2, -0.15) is 0 Å². The Labute approximate surface area is 92.8 Å². The summed E-state index contributed by atoms with van der Waals surface area (Å²) in [5.41, 5.74) is 0. The highest BCUT2D eigenvalue weighted by Crippen LogP contribution is 2.24. The molecule has 2 heterocycles. The molecule has 90 valence electrons. The lowest BCUT2D eigenvalue weighted by molar-refractivity contribution is -0.158. The molecule has 0 bridgehead atoms. The summed E-state index contributed by atoms with van der Waals surface area (Å²) in [5, 5.41) is 17.5. The SMILES string of the molecule is O=C(O)C1CCC(C(=O)N2CC(CO)C2)O1. The molecule has 2 unspecified atom stereocenters. The van der Waals surface area contributed by atoms with Crippen molar-refractivity contribution >= 4 is 11.9 Å². The van der Waals surface area contributed by atoms with Crippen molar-refractivity contribution < 1.29 is 24.5 Å². The first kappa shape index (κ1) is 11.3. The number of aliphatic hydroxyl groups is 1. The van der Waals surface area contributed by atoms with Gasteiger partial charge in [0.25, 0.3) is 5.91 Å². The number of amides is 1. The van der Waals surface area contributed by atoms with E-state index in [9.17, 15) is 9.59 Å². The van der Waals surface area contributed by atoms with Gasteiger partial charge in [-0.15, -0.1) is 0 Å². The van der Waals surface area contributed by atoms with Crippen LogP contribution in [-0.4, -0.2) is 58.9 Å². The zero-order valence-electron chi connectivity index (χ0n) is 8.83. The third kappa shape index (κ3) is 2.03. The van der Waals surface area contributed by atoms with Crippen LogP contribution in [0.4, 0.5) is 0 Å². The van der Waals surface area contributed by atoms with Crippen molar-refractivity contribution in [2.75, 3.05) is 19.7 Å². The largest absolute Gasteiger partial charge is 0.479 e. The predicted octanol–water partition coefficient (Wildman–Crippen LogP) is -0.931. The van der Waals surface area contributed by atoms with Crippen LogP contribution in [0.25, 0.3) is 0 Å². The van der Waals surface area contributed by atoms with Gasteiger partial charge in [0.15, 0.2) is 6.10 Å². The molecule has 2 atom stereocenters. The highest BCUT2D eigenvalue weighted by atomic mass is 16.5. The average Bonchev–Trinajstić information content (AvgIpc) is 2.64. The van der Waals surface area contributed by atoms with Crippen LogP contribution in [0.1, 0.15) is 12.8 Å². The van der Waals surface area contributed by atoms with Crippen molar-refractivity contribution in [3.8, 4) is 0 Å². The third-order valence-electron chi connectivity index (χ3n) is 3.10. The summed E-state index contributed by atoms with van der Waals surface area (Å²) in [7, 11) is 0. The number of aliphatic carboxylic acids is 1. The summed E-state index contributed by atoms with van der Waals surface area (Å²) in [6.07, 6.45) is -0.594. The maximum absolute atomic E-state index is 11.8. The molecule has 6 heteroatoms. The van der Waals surface area contributed by atoms with E-state index in [1.54, 1.807) is 4.90 Å². The number of likely N-dealkylation sites (tertiary alicyclic amines) is 1. The molecular weight excluding hydrogens is 214 g/mol. The number of ether oxygens (including phenoxy) is 1. The zero-order valence-corrected chi connectivity index (χ0v) is 8.83. The van der Waals surface area contributed by atoms with Crippen molar-refractivity contribution in [1.29, 1.82) is 0 Å². The lowest BCUT2D eigenvalue weighted by atomic mass is 10.00. The fraction of sp³-hybridized carbons (Fsp3) is 0.800. The Bertz CT molecular complexity index is 300. The summed E-state index contributed by atoms with van der Waals surface area (Å²) in [6.45, 7) is 1.19. The fourth-order valence-corrected chi connectivity index (χ4v) is 2.07. The van der Waals surface area contributed by atoms with Gasteiger partial charge in [0.2, 0.25) is 0 Å². The average molecular weight is 229 g/mol. The zero-order chi connectivity index (χ0) is 11.7. The minimum Gasteiger partial charge on any atom is -0.479 e. The minimum absolute atomic E-state index is 0.0903. The molecule has 0 aliphatic carbocycles. The van der Waals surface area contributed by atoms with E-state index in [0.29, 0.717) is 25.9 Å². The maximum atomic E-state index is 11.8. The molecule has 2 rings (SSSR count). The number of carboxylic acid groups (broad SMARTS) is 1. The minimum atomic E-state index is -1.01. The molecule has 0 radical (unpaired) electrons. The van der Waals surface area contributed by atoms with Gasteiger partial charge < -0.3 is 19.8 Å². The summed E-state index contributed by atoms with van der Waals surface area (Å²) < 4.78 is 5.16. The van der Waals surface area contributed by atoms with Crippen LogP contribution in [0.5, 0.6) is 0 Å². The Hall–Kier alpha value is -1.14. The number of hydrogen-bond donors (Lipinski definition) is 2. The lowest BCUT2D eigenvalue weighted by Crippen LogP contribution is -2.54. The van der Waals surface area contributed by atoms with E-state index >= 15 is 0 Å². The number of carbonyl (C=O) groups is 2. The summed E-state index contributed by atoms with van der Waals surface area (Å²) in [6, 6.07) is 0. The van der Waals surface area contributed by atoms with Crippen LogP contribution >= 0.6 is 0 Å². The van der Waals surface area contributed by atoms with E-state index < -0.39 is 18.2 Å². The van der Waals surface area contributed by atoms with Gasteiger partial charge in [0, 0.05) is 25.6 Å². The molecule has 6 nitrogen and oxygen atoms in total. The van der Waals surface area contributed by atoms with Crippen LogP contribution in [0.15, 0.2) is 0 Å². The van der Waals surface area contributed by atoms with E-state index in [2.05, 4.69) is 0 Å². The topological polar surface area (TPSA) is 87.1 Å². The van der Waals surface area contributed by atoms with Crippen molar-refractivity contribution in [2.24, 2.45) is 5.92 Å². The van der Waals surface area contributed by atoms with Crippen molar-refractivity contribution in [2.45, 2.75) is 25.0 Å². The second-order valence-electron chi connectivity index (χ2n) is 4.32. The van der Waals surface area contributed by atoms with Crippen molar-refractivity contribution in [1.82, 2.24) is 4.90 Å². The van der Waals surface area contributed by atoms with Gasteiger partial charge >= 0.3 is 5.97 Å². The molecule has 0 aromatic heterocycles. The number of carbonyl (C=O) groups excluding carboxylic acids is 1. The molecular formula is C10H15NO5. The third-order valence-corrected chi connectivity index (χ3v) is 3.10. The Morgan fingerprint density at radius 2 is 1.88 bits per heavy atom. The van der Waals surface area contributed by atoms with E-state index in [1.165, 1.54) is 0 Å². The van der Waals surface area contributed by atoms with Gasteiger partial charge in [-0.05, 0) is 12.8 Å². The van der Waals surface area contributed by atoms with Gasteiger partial charge in [-0.25, -0.2) is 4.79 Å². The molecule has 0 aromatic rings. The normalized spacial score (nSPS) is 30.2. The summed E-state index contributed by atoms with van der Waals surface area (Å²) >= 11 is 0. The highest BCUT2D eigenvalue weighted by Gasteiger charge is 2.40. The highest BCUT2D eigenvalue weighted by molar-refractivity contribution is 5.83. The summed E-state index contributed by atoms with van der Waals surface area (Å²) in [4.78, 5) is 24.0. The molecule has 2 fully saturated rings. The van der Waals surface area contributed by atoms with E-state index in [0.717, 1.165) is 0 Å². The molecule has 2 N–H and O–H groups in total. The first-order chi connectivity index (χ1) is 7.61. The predicted molar refractivity (Wildman–Crippen MR) is 52.7 cm³/mol. The van der Waals surface area contributed by atoms with E-state index in [4.69, 9.17) is 14.9 Å². The second kappa shape index (κ2) is 4.39. The number of nitrogens with zero attached hydrogens (tertiary/aromatic N) is 1. The number of hydrogen-bond acceptors (Lipinski definition) is 4. The van der Waals surface area contributed by atoms with Crippen LogP contribution in [0.3, 0.4) is 0 Å². The van der Waals surface area contributed by atoms with Gasteiger partial charge in [-0.1, -0.05) is 0 Å². The van der Waals surface area contributed by atoms with Gasteiger partial charge in [0.05, 0.1) is 0 Å². The molecule has 2 saturated heterocycles. The second-order valence-corrected chi connectivity index (χ2v) is 4.32. The first-order valence-corrected chi connectivity index (χ1v) is 5.39. The first-order valence-electron chi connectivity index (χ1n) is 5.39. The van der Waals surface area contributed by atoms with Crippen LogP contribution < -0.4 is 0 Å². The van der Waals surface area contributed by atoms with Crippen LogP contribution in [0, 0.1) is 5.92 Å². The monoisotopic (exact) mass is 229 g/mol. The number of rotatable bonds is 3. The van der Waals surface area contributed by atoms with Gasteiger partial charge in [-0.3, -0.25) is 4.79 Å². The number of carboxylic acids is 1. The van der Waals surface area contributed by atoms with Crippen LogP contribution in [0.2, 0.25) is 0 Å². The molecule has 2 aliphatic rings. The molecule has 1 amide bonds. The molecule has 0 saturated carbocycles. The van der Waals surface area contributed by atoms with E-state index in [1.807, 2.05) is 0 Å². The Kier molecular flexibility index (Phi) is 3.11. The van der Waals surface area contributed by atoms with E-state index in [-0.39, 0.29) is 18.4 Å². The molecule has 0 aromatic carbocycles. The number of aliphatic hydroxyl groups excluding tert-OH is 1. The quantitative estimate of drug-likeness (QED) is 0.653. The molecule has 0 spiro atoms. The smallest absolute Gasteiger partial charge is 0.332 e. The standard InChI is InChI=1S/C10H15NO5/c12-5-6-3-11(4-6)9(13)7-1-2-8(16-7)10(14)15/h6-8,12H,1-5H2,(H,14,15).